The molecule has 2 aromatic carbocycles. The predicted octanol–water partition coefficient (Wildman–Crippen LogP) is 3.16. The second kappa shape index (κ2) is 4.41. The molecule has 2 N–H and O–H groups in total. The summed E-state index contributed by atoms with van der Waals surface area (Å²) in [6, 6.07) is 13.3. The number of halogens is 1. The highest BCUT2D eigenvalue weighted by Crippen LogP contribution is 2.29. The van der Waals surface area contributed by atoms with Crippen LogP contribution in [0.15, 0.2) is 45.7 Å². The third-order valence-electron chi connectivity index (χ3n) is 2.95. The Hall–Kier alpha value is -2.32. The van der Waals surface area contributed by atoms with Gasteiger partial charge in [0.2, 0.25) is 0 Å². The van der Waals surface area contributed by atoms with Gasteiger partial charge in [-0.05, 0) is 39.7 Å². The first-order valence-electron chi connectivity index (χ1n) is 5.60. The van der Waals surface area contributed by atoms with Crippen molar-refractivity contribution in [1.29, 1.82) is 5.26 Å². The van der Waals surface area contributed by atoms with Crippen LogP contribution in [0.1, 0.15) is 5.56 Å². The van der Waals surface area contributed by atoms with E-state index in [1.54, 1.807) is 0 Å². The van der Waals surface area contributed by atoms with Crippen molar-refractivity contribution in [2.75, 3.05) is 0 Å². The minimum absolute atomic E-state index is 0.234. The molecule has 0 bridgehead atoms. The summed E-state index contributed by atoms with van der Waals surface area (Å²) in [5.41, 5.74) is 3.55. The van der Waals surface area contributed by atoms with Crippen molar-refractivity contribution in [3.05, 3.63) is 56.9 Å². The first kappa shape index (κ1) is 11.8. The van der Waals surface area contributed by atoms with Gasteiger partial charge in [-0.25, -0.2) is 4.79 Å². The van der Waals surface area contributed by atoms with Gasteiger partial charge in [-0.1, -0.05) is 18.2 Å². The van der Waals surface area contributed by atoms with E-state index in [0.717, 1.165) is 26.6 Å². The number of nitrogens with one attached hydrogen (secondary N) is 2. The zero-order valence-corrected chi connectivity index (χ0v) is 11.3. The Bertz CT molecular complexity index is 870. The number of fused-ring (bicyclic) bond motifs is 1. The second-order valence-electron chi connectivity index (χ2n) is 4.11. The molecular weight excluding hydrogens is 306 g/mol. The smallest absolute Gasteiger partial charge is 0.306 e. The monoisotopic (exact) mass is 313 g/mol. The molecule has 1 heterocycles. The minimum atomic E-state index is -0.234. The number of hydrogen-bond acceptors (Lipinski definition) is 2. The van der Waals surface area contributed by atoms with Crippen molar-refractivity contribution in [3.8, 4) is 17.2 Å². The molecule has 19 heavy (non-hydrogen) atoms. The van der Waals surface area contributed by atoms with Crippen molar-refractivity contribution < 1.29 is 0 Å². The first-order chi connectivity index (χ1) is 9.19. The second-order valence-corrected chi connectivity index (χ2v) is 4.97. The molecule has 0 saturated heterocycles. The molecule has 0 atom stereocenters. The van der Waals surface area contributed by atoms with Gasteiger partial charge in [0.15, 0.2) is 0 Å². The third-order valence-corrected chi connectivity index (χ3v) is 3.61. The normalized spacial score (nSPS) is 10.5. The van der Waals surface area contributed by atoms with E-state index in [4.69, 9.17) is 0 Å². The molecule has 0 fully saturated rings. The number of H-pyrrole nitrogens is 2. The van der Waals surface area contributed by atoms with Gasteiger partial charge in [0.25, 0.3) is 0 Å². The Morgan fingerprint density at radius 2 is 1.89 bits per heavy atom. The van der Waals surface area contributed by atoms with Crippen molar-refractivity contribution >= 4 is 27.0 Å². The zero-order chi connectivity index (χ0) is 13.4. The van der Waals surface area contributed by atoms with Gasteiger partial charge < -0.3 is 9.97 Å². The fourth-order valence-electron chi connectivity index (χ4n) is 2.08. The number of benzene rings is 2. The van der Waals surface area contributed by atoms with Crippen LogP contribution in [0.5, 0.6) is 0 Å². The molecule has 0 saturated carbocycles. The summed E-state index contributed by atoms with van der Waals surface area (Å²) in [6.07, 6.45) is 0. The highest BCUT2D eigenvalue weighted by molar-refractivity contribution is 9.10. The highest BCUT2D eigenvalue weighted by atomic mass is 79.9. The van der Waals surface area contributed by atoms with Crippen LogP contribution in [-0.4, -0.2) is 9.97 Å². The van der Waals surface area contributed by atoms with E-state index >= 15 is 0 Å². The summed E-state index contributed by atoms with van der Waals surface area (Å²) in [4.78, 5) is 16.6. The van der Waals surface area contributed by atoms with Crippen molar-refractivity contribution in [2.45, 2.75) is 0 Å². The zero-order valence-electron chi connectivity index (χ0n) is 9.70. The number of imidazole rings is 1. The van der Waals surface area contributed by atoms with Crippen LogP contribution in [0.25, 0.3) is 22.2 Å². The van der Waals surface area contributed by atoms with E-state index in [1.165, 1.54) is 0 Å². The molecule has 0 aliphatic heterocycles. The fraction of sp³-hybridized carbons (Fsp3) is 0. The molecule has 92 valence electrons. The average Bonchev–Trinajstić information content (AvgIpc) is 2.77. The topological polar surface area (TPSA) is 72.4 Å². The third kappa shape index (κ3) is 1.96. The summed E-state index contributed by atoms with van der Waals surface area (Å²) in [5.74, 6) is 0. The molecule has 0 unspecified atom stereocenters. The maximum atomic E-state index is 11.2. The summed E-state index contributed by atoms with van der Waals surface area (Å²) in [5, 5.41) is 9.23. The van der Waals surface area contributed by atoms with E-state index in [0.29, 0.717) is 5.56 Å². The fourth-order valence-corrected chi connectivity index (χ4v) is 2.53. The van der Waals surface area contributed by atoms with Crippen LogP contribution in [0.3, 0.4) is 0 Å². The van der Waals surface area contributed by atoms with Gasteiger partial charge >= 0.3 is 5.69 Å². The number of aromatic amines is 2. The highest BCUT2D eigenvalue weighted by Gasteiger charge is 2.09. The number of aromatic nitrogens is 2. The Balaban J connectivity index is 2.27. The maximum Gasteiger partial charge on any atom is 0.323 e. The number of nitriles is 1. The summed E-state index contributed by atoms with van der Waals surface area (Å²) in [7, 11) is 0. The van der Waals surface area contributed by atoms with E-state index in [9.17, 15) is 10.1 Å². The number of hydrogen-bond donors (Lipinski definition) is 2. The van der Waals surface area contributed by atoms with E-state index in [2.05, 4.69) is 32.0 Å². The molecule has 0 amide bonds. The molecule has 4 nitrogen and oxygen atoms in total. The molecular formula is C14H8BrN3O. The number of rotatable bonds is 1. The molecule has 5 heteroatoms. The molecule has 0 aliphatic rings. The lowest BCUT2D eigenvalue weighted by Gasteiger charge is -2.05. The quantitative estimate of drug-likeness (QED) is 0.724. The van der Waals surface area contributed by atoms with Crippen LogP contribution < -0.4 is 5.69 Å². The van der Waals surface area contributed by atoms with Crippen molar-refractivity contribution in [2.24, 2.45) is 0 Å². The number of nitrogens with zero attached hydrogens (tertiary/aromatic N) is 1. The van der Waals surface area contributed by atoms with Gasteiger partial charge in [0.05, 0.1) is 16.6 Å². The van der Waals surface area contributed by atoms with Gasteiger partial charge in [-0.2, -0.15) is 5.26 Å². The van der Waals surface area contributed by atoms with Gasteiger partial charge in [0, 0.05) is 10.0 Å². The lowest BCUT2D eigenvalue weighted by Crippen LogP contribution is -1.99. The SMILES string of the molecule is N#Cc1c(Br)cccc1-c1ccc2[nH]c(=O)[nH]c2c1. The van der Waals surface area contributed by atoms with Crippen LogP contribution in [0.4, 0.5) is 0 Å². The van der Waals surface area contributed by atoms with Crippen LogP contribution in [0.2, 0.25) is 0 Å². The predicted molar refractivity (Wildman–Crippen MR) is 76.8 cm³/mol. The molecule has 0 spiro atoms. The lowest BCUT2D eigenvalue weighted by molar-refractivity contribution is 1.22. The molecule has 1 aromatic heterocycles. The Labute approximate surface area is 116 Å². The van der Waals surface area contributed by atoms with Gasteiger partial charge in [0.1, 0.15) is 6.07 Å². The minimum Gasteiger partial charge on any atom is -0.306 e. The molecule has 3 rings (SSSR count). The van der Waals surface area contributed by atoms with Crippen molar-refractivity contribution in [1.82, 2.24) is 9.97 Å². The average molecular weight is 314 g/mol. The van der Waals surface area contributed by atoms with E-state index in [1.807, 2.05) is 36.4 Å². The van der Waals surface area contributed by atoms with Crippen molar-refractivity contribution in [3.63, 3.8) is 0 Å². The van der Waals surface area contributed by atoms with Crippen LogP contribution in [-0.2, 0) is 0 Å². The van der Waals surface area contributed by atoms with Crippen LogP contribution in [0, 0.1) is 11.3 Å². The first-order valence-corrected chi connectivity index (χ1v) is 6.39. The summed E-state index contributed by atoms with van der Waals surface area (Å²) < 4.78 is 0.759. The van der Waals surface area contributed by atoms with E-state index < -0.39 is 0 Å². The van der Waals surface area contributed by atoms with Gasteiger partial charge in [-0.15, -0.1) is 0 Å². The Morgan fingerprint density at radius 3 is 2.68 bits per heavy atom. The molecule has 3 aromatic rings. The summed E-state index contributed by atoms with van der Waals surface area (Å²) >= 11 is 3.37. The standard InChI is InChI=1S/C14H8BrN3O/c15-11-3-1-2-9(10(11)7-16)8-4-5-12-13(6-8)18-14(19)17-12/h1-6H,(H2,17,18,19). The molecule has 0 aliphatic carbocycles. The molecule has 0 radical (unpaired) electrons. The Kier molecular flexibility index (Phi) is 2.73. The largest absolute Gasteiger partial charge is 0.323 e. The Morgan fingerprint density at radius 1 is 1.11 bits per heavy atom. The lowest BCUT2D eigenvalue weighted by atomic mass is 10.00. The maximum absolute atomic E-state index is 11.2. The van der Waals surface area contributed by atoms with E-state index in [-0.39, 0.29) is 5.69 Å². The van der Waals surface area contributed by atoms with Crippen LogP contribution >= 0.6 is 15.9 Å². The summed E-state index contributed by atoms with van der Waals surface area (Å²) in [6.45, 7) is 0. The van der Waals surface area contributed by atoms with Gasteiger partial charge in [-0.3, -0.25) is 0 Å².